The van der Waals surface area contributed by atoms with Gasteiger partial charge in [-0.2, -0.15) is 0 Å². The second kappa shape index (κ2) is 3.26. The molecule has 0 saturated heterocycles. The monoisotopic (exact) mass is 210 g/mol. The molecule has 1 aromatic carbocycles. The van der Waals surface area contributed by atoms with Crippen molar-refractivity contribution in [1.29, 1.82) is 0 Å². The third kappa shape index (κ3) is 1.38. The lowest BCUT2D eigenvalue weighted by Gasteiger charge is -2.03. The topological polar surface area (TPSA) is 38.1 Å². The summed E-state index contributed by atoms with van der Waals surface area (Å²) in [4.78, 5) is 4.30. The maximum Gasteiger partial charge on any atom is 0.138 e. The third-order valence-electron chi connectivity index (χ3n) is 2.25. The van der Waals surface area contributed by atoms with Gasteiger partial charge in [-0.05, 0) is 25.1 Å². The molecule has 14 heavy (non-hydrogen) atoms. The molecule has 0 aliphatic heterocycles. The number of benzene rings is 1. The molecule has 3 nitrogen and oxygen atoms in total. The Hall–Kier alpha value is -1.06. The highest BCUT2D eigenvalue weighted by Crippen LogP contribution is 2.22. The molecule has 74 valence electrons. The van der Waals surface area contributed by atoms with Crippen LogP contribution in [-0.4, -0.2) is 14.7 Å². The van der Waals surface area contributed by atoms with Gasteiger partial charge in [-0.15, -0.1) is 0 Å². The number of aromatic nitrogens is 2. The highest BCUT2D eigenvalue weighted by molar-refractivity contribution is 6.31. The maximum atomic E-state index is 9.46. The van der Waals surface area contributed by atoms with E-state index in [1.165, 1.54) is 0 Å². The average molecular weight is 211 g/mol. The van der Waals surface area contributed by atoms with E-state index in [1.54, 1.807) is 13.0 Å². The molecule has 2 aromatic rings. The van der Waals surface area contributed by atoms with Crippen LogP contribution in [0.5, 0.6) is 0 Å². The highest BCUT2D eigenvalue weighted by Gasteiger charge is 2.11. The summed E-state index contributed by atoms with van der Waals surface area (Å²) < 4.78 is 1.87. The molecule has 0 fully saturated rings. The fourth-order valence-electron chi connectivity index (χ4n) is 1.57. The molecular formula is C10H11ClN2O. The first-order chi connectivity index (χ1) is 6.59. The van der Waals surface area contributed by atoms with Crippen LogP contribution in [0, 0.1) is 0 Å². The SMILES string of the molecule is C[C@H](O)c1nc2cc(Cl)ccc2n1C. The van der Waals surface area contributed by atoms with Crippen LogP contribution in [0.1, 0.15) is 18.9 Å². The van der Waals surface area contributed by atoms with Crippen LogP contribution in [-0.2, 0) is 7.05 Å². The first-order valence-electron chi connectivity index (χ1n) is 4.39. The zero-order chi connectivity index (χ0) is 10.3. The van der Waals surface area contributed by atoms with Crippen molar-refractivity contribution in [2.75, 3.05) is 0 Å². The highest BCUT2D eigenvalue weighted by atomic mass is 35.5. The van der Waals surface area contributed by atoms with Crippen molar-refractivity contribution < 1.29 is 5.11 Å². The zero-order valence-corrected chi connectivity index (χ0v) is 8.78. The number of hydrogen-bond donors (Lipinski definition) is 1. The third-order valence-corrected chi connectivity index (χ3v) is 2.49. The summed E-state index contributed by atoms with van der Waals surface area (Å²) in [6.07, 6.45) is -0.564. The van der Waals surface area contributed by atoms with Crippen LogP contribution in [0.3, 0.4) is 0 Å². The fraction of sp³-hybridized carbons (Fsp3) is 0.300. The Balaban J connectivity index is 2.73. The van der Waals surface area contributed by atoms with Gasteiger partial charge >= 0.3 is 0 Å². The summed E-state index contributed by atoms with van der Waals surface area (Å²) in [6, 6.07) is 5.51. The van der Waals surface area contributed by atoms with Crippen molar-refractivity contribution in [1.82, 2.24) is 9.55 Å². The molecule has 2 rings (SSSR count). The Labute approximate surface area is 86.9 Å². The lowest BCUT2D eigenvalue weighted by atomic mass is 10.3. The van der Waals surface area contributed by atoms with E-state index >= 15 is 0 Å². The van der Waals surface area contributed by atoms with Gasteiger partial charge in [0.05, 0.1) is 11.0 Å². The van der Waals surface area contributed by atoms with Gasteiger partial charge < -0.3 is 9.67 Å². The number of imidazole rings is 1. The van der Waals surface area contributed by atoms with Gasteiger partial charge in [0.15, 0.2) is 0 Å². The lowest BCUT2D eigenvalue weighted by Crippen LogP contribution is -2.01. The Morgan fingerprint density at radius 2 is 2.21 bits per heavy atom. The number of aliphatic hydroxyl groups is 1. The van der Waals surface area contributed by atoms with Crippen LogP contribution in [0.4, 0.5) is 0 Å². The molecule has 1 atom stereocenters. The number of fused-ring (bicyclic) bond motifs is 1. The minimum atomic E-state index is -0.564. The van der Waals surface area contributed by atoms with Crippen molar-refractivity contribution in [2.45, 2.75) is 13.0 Å². The van der Waals surface area contributed by atoms with Crippen LogP contribution in [0.15, 0.2) is 18.2 Å². The van der Waals surface area contributed by atoms with E-state index < -0.39 is 6.10 Å². The first kappa shape index (κ1) is 9.49. The standard InChI is InChI=1S/C10H11ClN2O/c1-6(14)10-12-8-5-7(11)3-4-9(8)13(10)2/h3-6,14H,1-2H3/t6-/m0/s1. The molecular weight excluding hydrogens is 200 g/mol. The van der Waals surface area contributed by atoms with Crippen LogP contribution in [0.25, 0.3) is 11.0 Å². The Morgan fingerprint density at radius 1 is 1.50 bits per heavy atom. The first-order valence-corrected chi connectivity index (χ1v) is 4.77. The smallest absolute Gasteiger partial charge is 0.138 e. The molecule has 0 bridgehead atoms. The van der Waals surface area contributed by atoms with Gasteiger partial charge in [0.1, 0.15) is 11.9 Å². The Morgan fingerprint density at radius 3 is 2.86 bits per heavy atom. The van der Waals surface area contributed by atoms with Crippen LogP contribution >= 0.6 is 11.6 Å². The summed E-state index contributed by atoms with van der Waals surface area (Å²) in [7, 11) is 1.88. The quantitative estimate of drug-likeness (QED) is 0.784. The molecule has 0 spiro atoms. The van der Waals surface area contributed by atoms with Crippen molar-refractivity contribution in [2.24, 2.45) is 7.05 Å². The normalized spacial score (nSPS) is 13.4. The van der Waals surface area contributed by atoms with Crippen molar-refractivity contribution in [3.8, 4) is 0 Å². The molecule has 1 heterocycles. The molecule has 0 unspecified atom stereocenters. The molecule has 0 radical (unpaired) electrons. The molecule has 4 heteroatoms. The zero-order valence-electron chi connectivity index (χ0n) is 8.03. The van der Waals surface area contributed by atoms with Crippen molar-refractivity contribution >= 4 is 22.6 Å². The van der Waals surface area contributed by atoms with Crippen LogP contribution < -0.4 is 0 Å². The largest absolute Gasteiger partial charge is 0.385 e. The summed E-state index contributed by atoms with van der Waals surface area (Å²) in [6.45, 7) is 1.70. The van der Waals surface area contributed by atoms with Gasteiger partial charge in [-0.1, -0.05) is 11.6 Å². The lowest BCUT2D eigenvalue weighted by molar-refractivity contribution is 0.186. The van der Waals surface area contributed by atoms with E-state index in [4.69, 9.17) is 11.6 Å². The van der Waals surface area contributed by atoms with Crippen molar-refractivity contribution in [3.05, 3.63) is 29.0 Å². The molecule has 0 aliphatic rings. The second-order valence-electron chi connectivity index (χ2n) is 3.34. The second-order valence-corrected chi connectivity index (χ2v) is 3.77. The number of nitrogens with zero attached hydrogens (tertiary/aromatic N) is 2. The summed E-state index contributed by atoms with van der Waals surface area (Å²) in [5, 5.41) is 10.1. The Kier molecular flexibility index (Phi) is 2.21. The Bertz CT molecular complexity index is 476. The van der Waals surface area contributed by atoms with E-state index in [9.17, 15) is 5.11 Å². The van der Waals surface area contributed by atoms with E-state index in [0.717, 1.165) is 11.0 Å². The molecule has 1 aromatic heterocycles. The average Bonchev–Trinajstić information content (AvgIpc) is 2.43. The summed E-state index contributed by atoms with van der Waals surface area (Å²) in [5.74, 6) is 0.655. The number of halogens is 1. The summed E-state index contributed by atoms with van der Waals surface area (Å²) >= 11 is 5.85. The molecule has 1 N–H and O–H groups in total. The van der Waals surface area contributed by atoms with E-state index in [-0.39, 0.29) is 0 Å². The number of aryl methyl sites for hydroxylation is 1. The predicted molar refractivity (Wildman–Crippen MR) is 56.4 cm³/mol. The number of aliphatic hydroxyl groups excluding tert-OH is 1. The van der Waals surface area contributed by atoms with Gasteiger partial charge in [0.25, 0.3) is 0 Å². The minimum Gasteiger partial charge on any atom is -0.385 e. The van der Waals surface area contributed by atoms with Gasteiger partial charge in [0, 0.05) is 12.1 Å². The van der Waals surface area contributed by atoms with E-state index in [0.29, 0.717) is 10.8 Å². The number of hydrogen-bond acceptors (Lipinski definition) is 2. The predicted octanol–water partition coefficient (Wildman–Crippen LogP) is 2.28. The van der Waals surface area contributed by atoms with Crippen molar-refractivity contribution in [3.63, 3.8) is 0 Å². The minimum absolute atomic E-state index is 0.564. The summed E-state index contributed by atoms with van der Waals surface area (Å²) in [5.41, 5.74) is 1.79. The van der Waals surface area contributed by atoms with Gasteiger partial charge in [-0.3, -0.25) is 0 Å². The fourth-order valence-corrected chi connectivity index (χ4v) is 1.73. The van der Waals surface area contributed by atoms with Crippen LogP contribution in [0.2, 0.25) is 5.02 Å². The maximum absolute atomic E-state index is 9.46. The van der Waals surface area contributed by atoms with E-state index in [1.807, 2.05) is 23.7 Å². The van der Waals surface area contributed by atoms with E-state index in [2.05, 4.69) is 4.98 Å². The molecule has 0 saturated carbocycles. The van der Waals surface area contributed by atoms with Gasteiger partial charge in [0.2, 0.25) is 0 Å². The molecule has 0 aliphatic carbocycles. The number of rotatable bonds is 1. The molecule has 0 amide bonds. The van der Waals surface area contributed by atoms with Gasteiger partial charge in [-0.25, -0.2) is 4.98 Å².